The number of ether oxygens (including phenoxy) is 2. The predicted molar refractivity (Wildman–Crippen MR) is 86.6 cm³/mol. The minimum absolute atomic E-state index is 0.0979. The third-order valence-electron chi connectivity index (χ3n) is 3.58. The van der Waals surface area contributed by atoms with Crippen LogP contribution in [0.1, 0.15) is 27.0 Å². The second-order valence-electron chi connectivity index (χ2n) is 5.14. The summed E-state index contributed by atoms with van der Waals surface area (Å²) in [5.74, 6) is 1.41. The zero-order valence-corrected chi connectivity index (χ0v) is 13.4. The van der Waals surface area contributed by atoms with Crippen LogP contribution in [0.25, 0.3) is 0 Å². The van der Waals surface area contributed by atoms with E-state index in [1.807, 2.05) is 44.2 Å². The van der Waals surface area contributed by atoms with Crippen molar-refractivity contribution in [3.05, 3.63) is 58.7 Å². The first-order valence-electron chi connectivity index (χ1n) is 7.12. The second-order valence-corrected chi connectivity index (χ2v) is 5.14. The van der Waals surface area contributed by atoms with Crippen molar-refractivity contribution >= 4 is 5.91 Å². The van der Waals surface area contributed by atoms with Gasteiger partial charge in [-0.25, -0.2) is 0 Å². The fraction of sp³-hybridized carbons (Fsp3) is 0.278. The Bertz CT molecular complexity index is 680. The fourth-order valence-electron chi connectivity index (χ4n) is 2.44. The van der Waals surface area contributed by atoms with E-state index in [2.05, 4.69) is 5.32 Å². The normalized spacial score (nSPS) is 10.2. The summed E-state index contributed by atoms with van der Waals surface area (Å²) in [6, 6.07) is 11.3. The van der Waals surface area contributed by atoms with Crippen molar-refractivity contribution in [3.8, 4) is 11.5 Å². The van der Waals surface area contributed by atoms with Crippen LogP contribution in [-0.2, 0) is 6.54 Å². The molecule has 0 heterocycles. The Hall–Kier alpha value is -2.49. The molecule has 0 unspecified atom stereocenters. The molecule has 2 rings (SSSR count). The summed E-state index contributed by atoms with van der Waals surface area (Å²) in [5.41, 5.74) is 3.56. The Kier molecular flexibility index (Phi) is 5.04. The van der Waals surface area contributed by atoms with Crippen molar-refractivity contribution in [1.29, 1.82) is 0 Å². The van der Waals surface area contributed by atoms with E-state index in [1.165, 1.54) is 0 Å². The average molecular weight is 299 g/mol. The molecule has 0 spiro atoms. The summed E-state index contributed by atoms with van der Waals surface area (Å²) in [5, 5.41) is 2.92. The lowest BCUT2D eigenvalue weighted by atomic mass is 10.1. The fourth-order valence-corrected chi connectivity index (χ4v) is 2.44. The standard InChI is InChI=1S/C18H21NO3/c1-12-6-5-7-14(10-12)18(20)19-11-15-8-9-16(21-3)13(2)17(15)22-4/h5-10H,11H2,1-4H3,(H,19,20). The van der Waals surface area contributed by atoms with Gasteiger partial charge in [0, 0.05) is 23.2 Å². The molecule has 22 heavy (non-hydrogen) atoms. The van der Waals surface area contributed by atoms with Crippen LogP contribution >= 0.6 is 0 Å². The third kappa shape index (κ3) is 3.39. The van der Waals surface area contributed by atoms with Crippen LogP contribution < -0.4 is 14.8 Å². The number of nitrogens with one attached hydrogen (secondary N) is 1. The van der Waals surface area contributed by atoms with Crippen LogP contribution in [0.5, 0.6) is 11.5 Å². The number of hydrogen-bond donors (Lipinski definition) is 1. The molecule has 4 heteroatoms. The molecule has 2 aromatic carbocycles. The Labute approximate surface area is 131 Å². The number of amides is 1. The Morgan fingerprint density at radius 1 is 1.09 bits per heavy atom. The molecule has 0 aliphatic heterocycles. The molecule has 116 valence electrons. The molecule has 0 bridgehead atoms. The van der Waals surface area contributed by atoms with E-state index >= 15 is 0 Å². The lowest BCUT2D eigenvalue weighted by Gasteiger charge is -2.15. The van der Waals surface area contributed by atoms with Gasteiger partial charge in [0.05, 0.1) is 14.2 Å². The first-order chi connectivity index (χ1) is 10.6. The molecule has 2 aromatic rings. The van der Waals surface area contributed by atoms with Crippen molar-refractivity contribution in [3.63, 3.8) is 0 Å². The van der Waals surface area contributed by atoms with Gasteiger partial charge >= 0.3 is 0 Å². The zero-order chi connectivity index (χ0) is 16.1. The van der Waals surface area contributed by atoms with Gasteiger partial charge in [-0.15, -0.1) is 0 Å². The minimum atomic E-state index is -0.0979. The summed E-state index contributed by atoms with van der Waals surface area (Å²) < 4.78 is 10.7. The van der Waals surface area contributed by atoms with Gasteiger partial charge in [-0.1, -0.05) is 17.7 Å². The van der Waals surface area contributed by atoms with Crippen molar-refractivity contribution in [2.75, 3.05) is 14.2 Å². The van der Waals surface area contributed by atoms with E-state index in [0.717, 1.165) is 28.2 Å². The Morgan fingerprint density at radius 2 is 1.86 bits per heavy atom. The summed E-state index contributed by atoms with van der Waals surface area (Å²) in [6.45, 7) is 4.30. The minimum Gasteiger partial charge on any atom is -0.496 e. The molecule has 0 aliphatic carbocycles. The zero-order valence-electron chi connectivity index (χ0n) is 13.4. The van der Waals surface area contributed by atoms with Gasteiger partial charge in [0.1, 0.15) is 11.5 Å². The lowest BCUT2D eigenvalue weighted by Crippen LogP contribution is -2.23. The summed E-state index contributed by atoms with van der Waals surface area (Å²) in [7, 11) is 3.24. The van der Waals surface area contributed by atoms with Gasteiger partial charge < -0.3 is 14.8 Å². The van der Waals surface area contributed by atoms with E-state index in [-0.39, 0.29) is 5.91 Å². The largest absolute Gasteiger partial charge is 0.496 e. The van der Waals surface area contributed by atoms with Gasteiger partial charge in [-0.05, 0) is 38.1 Å². The maximum Gasteiger partial charge on any atom is 0.251 e. The molecule has 0 atom stereocenters. The number of aryl methyl sites for hydroxylation is 1. The van der Waals surface area contributed by atoms with Crippen LogP contribution in [-0.4, -0.2) is 20.1 Å². The molecule has 0 radical (unpaired) electrons. The predicted octanol–water partition coefficient (Wildman–Crippen LogP) is 3.25. The molecular formula is C18H21NO3. The first kappa shape index (κ1) is 15.9. The van der Waals surface area contributed by atoms with E-state index in [1.54, 1.807) is 20.3 Å². The van der Waals surface area contributed by atoms with Gasteiger partial charge in [0.25, 0.3) is 5.91 Å². The number of methoxy groups -OCH3 is 2. The molecule has 4 nitrogen and oxygen atoms in total. The third-order valence-corrected chi connectivity index (χ3v) is 3.58. The summed E-state index contributed by atoms with van der Waals surface area (Å²) in [6.07, 6.45) is 0. The highest BCUT2D eigenvalue weighted by Gasteiger charge is 2.12. The highest BCUT2D eigenvalue weighted by Crippen LogP contribution is 2.31. The molecule has 0 saturated carbocycles. The lowest BCUT2D eigenvalue weighted by molar-refractivity contribution is 0.0950. The van der Waals surface area contributed by atoms with Gasteiger partial charge in [-0.3, -0.25) is 4.79 Å². The van der Waals surface area contributed by atoms with Crippen molar-refractivity contribution in [2.45, 2.75) is 20.4 Å². The monoisotopic (exact) mass is 299 g/mol. The van der Waals surface area contributed by atoms with Crippen molar-refractivity contribution in [2.24, 2.45) is 0 Å². The number of carbonyl (C=O) groups excluding carboxylic acids is 1. The van der Waals surface area contributed by atoms with Crippen molar-refractivity contribution < 1.29 is 14.3 Å². The van der Waals surface area contributed by atoms with E-state index in [4.69, 9.17) is 9.47 Å². The van der Waals surface area contributed by atoms with E-state index in [0.29, 0.717) is 12.1 Å². The molecule has 0 aliphatic rings. The van der Waals surface area contributed by atoms with E-state index in [9.17, 15) is 4.79 Å². The topological polar surface area (TPSA) is 47.6 Å². The smallest absolute Gasteiger partial charge is 0.251 e. The summed E-state index contributed by atoms with van der Waals surface area (Å²) >= 11 is 0. The van der Waals surface area contributed by atoms with Gasteiger partial charge in [0.15, 0.2) is 0 Å². The molecule has 0 fully saturated rings. The number of carbonyl (C=O) groups is 1. The molecule has 1 N–H and O–H groups in total. The Morgan fingerprint density at radius 3 is 2.50 bits per heavy atom. The quantitative estimate of drug-likeness (QED) is 0.922. The highest BCUT2D eigenvalue weighted by atomic mass is 16.5. The molecule has 0 saturated heterocycles. The number of rotatable bonds is 5. The van der Waals surface area contributed by atoms with Crippen molar-refractivity contribution in [1.82, 2.24) is 5.32 Å². The number of benzene rings is 2. The number of hydrogen-bond acceptors (Lipinski definition) is 3. The van der Waals surface area contributed by atoms with Crippen LogP contribution in [0.4, 0.5) is 0 Å². The van der Waals surface area contributed by atoms with E-state index < -0.39 is 0 Å². The van der Waals surface area contributed by atoms with Gasteiger partial charge in [0.2, 0.25) is 0 Å². The molecule has 0 aromatic heterocycles. The second kappa shape index (κ2) is 6.98. The van der Waals surface area contributed by atoms with Crippen LogP contribution in [0.15, 0.2) is 36.4 Å². The SMILES string of the molecule is COc1ccc(CNC(=O)c2cccc(C)c2)c(OC)c1C. The highest BCUT2D eigenvalue weighted by molar-refractivity contribution is 5.94. The van der Waals surface area contributed by atoms with Crippen LogP contribution in [0.3, 0.4) is 0 Å². The van der Waals surface area contributed by atoms with Crippen LogP contribution in [0.2, 0.25) is 0 Å². The van der Waals surface area contributed by atoms with Crippen LogP contribution in [0, 0.1) is 13.8 Å². The maximum atomic E-state index is 12.2. The summed E-state index contributed by atoms with van der Waals surface area (Å²) in [4.78, 5) is 12.2. The maximum absolute atomic E-state index is 12.2. The molecule has 1 amide bonds. The van der Waals surface area contributed by atoms with Gasteiger partial charge in [-0.2, -0.15) is 0 Å². The molecular weight excluding hydrogens is 278 g/mol. The average Bonchev–Trinajstić information content (AvgIpc) is 2.52. The first-order valence-corrected chi connectivity index (χ1v) is 7.12. The Balaban J connectivity index is 2.15.